The molecule has 0 unspecified atom stereocenters. The number of para-hydroxylation sites is 2. The summed E-state index contributed by atoms with van der Waals surface area (Å²) in [6.07, 6.45) is 7.34. The SMILES string of the molecule is C1#Cc2c(n(-c3ccc(-c4ccccc4)cc3)c3ccccc23)C=C(c2ccccc2N(C2=c3ccccc3=CCC2)c2ccc(-c3ccccc3)cc2)C1. The highest BCUT2D eigenvalue weighted by Gasteiger charge is 2.24. The monoisotopic (exact) mass is 702 g/mol. The molecule has 0 saturated heterocycles. The van der Waals surface area contributed by atoms with Gasteiger partial charge >= 0.3 is 0 Å². The minimum absolute atomic E-state index is 0.646. The second kappa shape index (κ2) is 14.0. The molecule has 0 fully saturated rings. The van der Waals surface area contributed by atoms with Crippen LogP contribution >= 0.6 is 0 Å². The van der Waals surface area contributed by atoms with E-state index in [4.69, 9.17) is 0 Å². The Balaban J connectivity index is 1.15. The number of hydrogen-bond donors (Lipinski definition) is 0. The number of allylic oxidation sites excluding steroid dienone is 1. The zero-order chi connectivity index (χ0) is 36.6. The molecule has 2 heteroatoms. The Bertz CT molecular complexity index is 2920. The van der Waals surface area contributed by atoms with Crippen molar-refractivity contribution in [3.8, 4) is 39.8 Å². The van der Waals surface area contributed by atoms with E-state index in [1.54, 1.807) is 0 Å². The topological polar surface area (TPSA) is 8.17 Å². The number of hydrogen-bond acceptors (Lipinski definition) is 1. The summed E-state index contributed by atoms with van der Waals surface area (Å²) in [4.78, 5) is 2.51. The Morgan fingerprint density at radius 3 is 1.93 bits per heavy atom. The Kier molecular flexibility index (Phi) is 8.32. The van der Waals surface area contributed by atoms with Crippen molar-refractivity contribution in [2.45, 2.75) is 19.3 Å². The molecule has 2 aliphatic carbocycles. The number of anilines is 2. The number of nitrogens with zero attached hydrogens (tertiary/aromatic N) is 2. The largest absolute Gasteiger partial charge is 0.313 e. The van der Waals surface area contributed by atoms with Crippen molar-refractivity contribution in [1.82, 2.24) is 4.57 Å². The molecule has 2 aliphatic rings. The minimum Gasteiger partial charge on any atom is -0.313 e. The van der Waals surface area contributed by atoms with Gasteiger partial charge in [-0.1, -0.05) is 164 Å². The van der Waals surface area contributed by atoms with Crippen molar-refractivity contribution in [2.24, 2.45) is 0 Å². The third-order valence-corrected chi connectivity index (χ3v) is 11.0. The first-order chi connectivity index (χ1) is 27.3. The molecule has 2 nitrogen and oxygen atoms in total. The summed E-state index contributed by atoms with van der Waals surface area (Å²) >= 11 is 0. The predicted octanol–water partition coefficient (Wildman–Crippen LogP) is 11.8. The fourth-order valence-corrected chi connectivity index (χ4v) is 8.34. The Labute approximate surface area is 322 Å². The van der Waals surface area contributed by atoms with Crippen molar-refractivity contribution >= 4 is 45.7 Å². The van der Waals surface area contributed by atoms with E-state index in [0.717, 1.165) is 46.7 Å². The summed E-state index contributed by atoms with van der Waals surface area (Å²) in [7, 11) is 0. The smallest absolute Gasteiger partial charge is 0.0628 e. The van der Waals surface area contributed by atoms with Gasteiger partial charge in [-0.05, 0) is 88.4 Å². The maximum Gasteiger partial charge on any atom is 0.0628 e. The molecule has 7 aromatic carbocycles. The fraction of sp³-hybridized carbons (Fsp3) is 0.0566. The van der Waals surface area contributed by atoms with Crippen LogP contribution in [0.5, 0.6) is 0 Å². The molecule has 0 amide bonds. The zero-order valence-corrected chi connectivity index (χ0v) is 30.5. The second-order valence-electron chi connectivity index (χ2n) is 14.2. The van der Waals surface area contributed by atoms with Gasteiger partial charge in [0.15, 0.2) is 0 Å². The lowest BCUT2D eigenvalue weighted by molar-refractivity contribution is 1.02. The first-order valence-electron chi connectivity index (χ1n) is 19.1. The summed E-state index contributed by atoms with van der Waals surface area (Å²) in [5, 5.41) is 3.75. The third-order valence-electron chi connectivity index (χ3n) is 11.0. The Hall–Kier alpha value is -7.08. The first-order valence-corrected chi connectivity index (χ1v) is 19.1. The minimum atomic E-state index is 0.646. The number of aromatic nitrogens is 1. The molecular weight excluding hydrogens is 665 g/mol. The van der Waals surface area contributed by atoms with E-state index in [9.17, 15) is 0 Å². The normalized spacial score (nSPS) is 13.1. The van der Waals surface area contributed by atoms with Gasteiger partial charge in [-0.25, -0.2) is 0 Å². The van der Waals surface area contributed by atoms with E-state index in [-0.39, 0.29) is 0 Å². The molecule has 1 heterocycles. The first kappa shape index (κ1) is 32.6. The fourth-order valence-electron chi connectivity index (χ4n) is 8.34. The maximum absolute atomic E-state index is 3.63. The van der Waals surface area contributed by atoms with Gasteiger partial charge in [0.25, 0.3) is 0 Å². The highest BCUT2D eigenvalue weighted by molar-refractivity contribution is 6.00. The molecule has 0 saturated carbocycles. The molecule has 0 aliphatic heterocycles. The molecule has 8 aromatic rings. The molecule has 0 spiro atoms. The highest BCUT2D eigenvalue weighted by atomic mass is 15.2. The zero-order valence-electron chi connectivity index (χ0n) is 30.5. The van der Waals surface area contributed by atoms with E-state index in [2.05, 4.69) is 215 Å². The molecule has 55 heavy (non-hydrogen) atoms. The van der Waals surface area contributed by atoms with E-state index in [1.165, 1.54) is 54.9 Å². The molecule has 1 aromatic heterocycles. The molecular formula is C53H38N2. The van der Waals surface area contributed by atoms with Crippen LogP contribution < -0.4 is 15.3 Å². The standard InChI is InChI=1S/C53H38N2/c1-3-15-38(16-4-1)40-29-33-44(34-30-40)54(51-28-14-20-42-19-7-8-22-46(42)51)50-26-11-9-23-47(50)43-21-13-25-49-48-24-10-12-27-52(48)55(53(49)37-43)45-35-31-41(32-36-45)39-17-5-2-6-18-39/h1-12,15-20,22-24,26-27,29-37H,14,21,28H2. The van der Waals surface area contributed by atoms with E-state index < -0.39 is 0 Å². The Morgan fingerprint density at radius 1 is 0.545 bits per heavy atom. The molecule has 260 valence electrons. The lowest BCUT2D eigenvalue weighted by atomic mass is 9.96. The summed E-state index contributed by atoms with van der Waals surface area (Å²) in [5.74, 6) is 7.23. The number of rotatable bonds is 7. The van der Waals surface area contributed by atoms with Crippen molar-refractivity contribution in [3.05, 3.63) is 209 Å². The van der Waals surface area contributed by atoms with Crippen LogP contribution in [0.4, 0.5) is 11.4 Å². The maximum atomic E-state index is 3.63. The van der Waals surface area contributed by atoms with Crippen LogP contribution in [0.25, 0.3) is 62.3 Å². The van der Waals surface area contributed by atoms with Crippen LogP contribution in [-0.2, 0) is 0 Å². The van der Waals surface area contributed by atoms with Gasteiger partial charge in [0.05, 0.1) is 22.5 Å². The van der Waals surface area contributed by atoms with Crippen LogP contribution in [0, 0.1) is 11.8 Å². The third kappa shape index (κ3) is 5.97. The molecule has 0 bridgehead atoms. The predicted molar refractivity (Wildman–Crippen MR) is 231 cm³/mol. The van der Waals surface area contributed by atoms with Crippen LogP contribution in [0.1, 0.15) is 36.1 Å². The van der Waals surface area contributed by atoms with Gasteiger partial charge in [-0.3, -0.25) is 0 Å². The lowest BCUT2D eigenvalue weighted by Gasteiger charge is -2.31. The summed E-state index contributed by atoms with van der Waals surface area (Å²) in [6, 6.07) is 65.6. The van der Waals surface area contributed by atoms with Gasteiger partial charge in [0.2, 0.25) is 0 Å². The lowest BCUT2D eigenvalue weighted by Crippen LogP contribution is -2.35. The van der Waals surface area contributed by atoms with Crippen LogP contribution in [0.3, 0.4) is 0 Å². The van der Waals surface area contributed by atoms with E-state index in [1.807, 2.05) is 0 Å². The molecule has 10 rings (SSSR count). The van der Waals surface area contributed by atoms with Gasteiger partial charge in [0, 0.05) is 39.7 Å². The van der Waals surface area contributed by atoms with Crippen molar-refractivity contribution in [3.63, 3.8) is 0 Å². The highest BCUT2D eigenvalue weighted by Crippen LogP contribution is 2.41. The molecule has 0 N–H and O–H groups in total. The van der Waals surface area contributed by atoms with Crippen LogP contribution in [0.2, 0.25) is 0 Å². The van der Waals surface area contributed by atoms with Gasteiger partial charge in [-0.2, -0.15) is 0 Å². The quantitative estimate of drug-likeness (QED) is 0.150. The van der Waals surface area contributed by atoms with Crippen molar-refractivity contribution in [1.29, 1.82) is 0 Å². The van der Waals surface area contributed by atoms with Crippen LogP contribution in [-0.4, -0.2) is 4.57 Å². The van der Waals surface area contributed by atoms with E-state index in [0.29, 0.717) is 6.42 Å². The molecule has 0 atom stereocenters. The van der Waals surface area contributed by atoms with Gasteiger partial charge < -0.3 is 9.47 Å². The summed E-state index contributed by atoms with van der Waals surface area (Å²) in [6.45, 7) is 0. The Morgan fingerprint density at radius 2 is 1.16 bits per heavy atom. The van der Waals surface area contributed by atoms with Crippen LogP contribution in [0.15, 0.2) is 182 Å². The molecule has 0 radical (unpaired) electrons. The van der Waals surface area contributed by atoms with Gasteiger partial charge in [-0.15, -0.1) is 0 Å². The summed E-state index contributed by atoms with van der Waals surface area (Å²) < 4.78 is 2.39. The average molecular weight is 703 g/mol. The van der Waals surface area contributed by atoms with Crippen molar-refractivity contribution < 1.29 is 0 Å². The van der Waals surface area contributed by atoms with E-state index >= 15 is 0 Å². The number of benzene rings is 7. The second-order valence-corrected chi connectivity index (χ2v) is 14.2. The summed E-state index contributed by atoms with van der Waals surface area (Å²) in [5.41, 5.74) is 15.3. The number of fused-ring (bicyclic) bond motifs is 4. The average Bonchev–Trinajstić information content (AvgIpc) is 3.40. The van der Waals surface area contributed by atoms with Crippen molar-refractivity contribution in [2.75, 3.05) is 4.90 Å². The van der Waals surface area contributed by atoms with Gasteiger partial charge in [0.1, 0.15) is 0 Å².